The number of fused-ring (bicyclic) bond motifs is 2. The van der Waals surface area contributed by atoms with Crippen LogP contribution in [0.3, 0.4) is 0 Å². The summed E-state index contributed by atoms with van der Waals surface area (Å²) in [5.41, 5.74) is 2.08. The molecular weight excluding hydrogens is 436 g/mol. The first-order valence-corrected chi connectivity index (χ1v) is 12.7. The number of carbonyl (C=O) groups excluding carboxylic acids is 2. The molecule has 0 spiro atoms. The molecular formula is C22H24N2O5S2. The molecule has 0 radical (unpaired) electrons. The fourth-order valence-electron chi connectivity index (χ4n) is 3.83. The third-order valence-electron chi connectivity index (χ3n) is 5.58. The highest BCUT2D eigenvalue weighted by molar-refractivity contribution is 7.99. The van der Waals surface area contributed by atoms with Crippen LogP contribution in [0.1, 0.15) is 12.8 Å². The number of rotatable bonds is 6. The van der Waals surface area contributed by atoms with Gasteiger partial charge >= 0.3 is 5.97 Å². The summed E-state index contributed by atoms with van der Waals surface area (Å²) in [5.74, 6) is -0.796. The van der Waals surface area contributed by atoms with Gasteiger partial charge in [0.1, 0.15) is 0 Å². The first-order chi connectivity index (χ1) is 14.8. The molecule has 31 heavy (non-hydrogen) atoms. The molecule has 7 nitrogen and oxygen atoms in total. The number of nitrogens with zero attached hydrogens (tertiary/aromatic N) is 2. The molecule has 1 saturated heterocycles. The Morgan fingerprint density at radius 2 is 1.71 bits per heavy atom. The maximum atomic E-state index is 12.3. The minimum absolute atomic E-state index is 0.0328. The largest absolute Gasteiger partial charge is 0.456 e. The number of esters is 1. The summed E-state index contributed by atoms with van der Waals surface area (Å²) in [4.78, 5) is 30.4. The van der Waals surface area contributed by atoms with Gasteiger partial charge in [0, 0.05) is 29.4 Å². The number of anilines is 2. The van der Waals surface area contributed by atoms with Gasteiger partial charge in [0.25, 0.3) is 5.91 Å². The van der Waals surface area contributed by atoms with Crippen LogP contribution in [0.25, 0.3) is 0 Å². The van der Waals surface area contributed by atoms with E-state index in [0.717, 1.165) is 21.2 Å². The zero-order valence-electron chi connectivity index (χ0n) is 17.2. The number of amides is 1. The molecule has 164 valence electrons. The maximum Gasteiger partial charge on any atom is 0.308 e. The summed E-state index contributed by atoms with van der Waals surface area (Å²) >= 11 is 1.70. The summed E-state index contributed by atoms with van der Waals surface area (Å²) in [6.45, 7) is 0.0488. The van der Waals surface area contributed by atoms with Gasteiger partial charge in [0.2, 0.25) is 0 Å². The van der Waals surface area contributed by atoms with E-state index in [1.54, 1.807) is 18.8 Å². The molecule has 0 bridgehead atoms. The lowest BCUT2D eigenvalue weighted by Gasteiger charge is -2.32. The Balaban J connectivity index is 1.34. The number of sulfone groups is 1. The van der Waals surface area contributed by atoms with Gasteiger partial charge in [0.05, 0.1) is 29.3 Å². The standard InChI is InChI=1S/C22H24N2O5S2/c1-23(16-11-13-31(27,28)15-16)21(25)14-29-22(26)10-12-24-17-6-2-4-8-19(17)30-20-9-5-3-7-18(20)24/h2-9,16H,10-15H2,1H3/t16-/m0/s1. The Labute approximate surface area is 186 Å². The van der Waals surface area contributed by atoms with E-state index in [1.807, 2.05) is 36.4 Å². The van der Waals surface area contributed by atoms with Crippen LogP contribution in [0.2, 0.25) is 0 Å². The fourth-order valence-corrected chi connectivity index (χ4v) is 6.70. The average Bonchev–Trinajstić information content (AvgIpc) is 3.13. The van der Waals surface area contributed by atoms with E-state index in [2.05, 4.69) is 17.0 Å². The quantitative estimate of drug-likeness (QED) is 0.613. The Morgan fingerprint density at radius 3 is 2.29 bits per heavy atom. The van der Waals surface area contributed by atoms with Gasteiger partial charge in [0.15, 0.2) is 16.4 Å². The Morgan fingerprint density at radius 1 is 1.10 bits per heavy atom. The molecule has 1 atom stereocenters. The molecule has 2 aliphatic rings. The number of likely N-dealkylation sites (N-methyl/N-ethyl adjacent to an activating group) is 1. The Bertz CT molecular complexity index is 1060. The molecule has 2 aromatic rings. The minimum atomic E-state index is -3.08. The second kappa shape index (κ2) is 8.92. The van der Waals surface area contributed by atoms with Crippen molar-refractivity contribution in [3.8, 4) is 0 Å². The first kappa shape index (κ1) is 21.7. The monoisotopic (exact) mass is 460 g/mol. The number of hydrogen-bond donors (Lipinski definition) is 0. The smallest absolute Gasteiger partial charge is 0.308 e. The van der Waals surface area contributed by atoms with Crippen LogP contribution in [0.15, 0.2) is 58.3 Å². The van der Waals surface area contributed by atoms with E-state index in [-0.39, 0.29) is 36.5 Å². The third kappa shape index (κ3) is 4.88. The van der Waals surface area contributed by atoms with E-state index in [9.17, 15) is 18.0 Å². The lowest BCUT2D eigenvalue weighted by atomic mass is 10.2. The highest BCUT2D eigenvalue weighted by atomic mass is 32.2. The lowest BCUT2D eigenvalue weighted by Crippen LogP contribution is -2.40. The summed E-state index contributed by atoms with van der Waals surface area (Å²) in [6, 6.07) is 15.7. The lowest BCUT2D eigenvalue weighted by molar-refractivity contribution is -0.152. The van der Waals surface area contributed by atoms with Gasteiger partial charge in [-0.2, -0.15) is 0 Å². The summed E-state index contributed by atoms with van der Waals surface area (Å²) in [5, 5.41) is 0. The number of benzene rings is 2. The molecule has 0 aromatic heterocycles. The van der Waals surface area contributed by atoms with E-state index >= 15 is 0 Å². The van der Waals surface area contributed by atoms with Crippen molar-refractivity contribution in [2.75, 3.05) is 36.6 Å². The normalized spacial score (nSPS) is 18.7. The van der Waals surface area contributed by atoms with Crippen LogP contribution in [-0.2, 0) is 24.2 Å². The van der Waals surface area contributed by atoms with Crippen molar-refractivity contribution in [1.29, 1.82) is 0 Å². The molecule has 0 saturated carbocycles. The number of hydrogen-bond acceptors (Lipinski definition) is 7. The molecule has 2 aliphatic heterocycles. The highest BCUT2D eigenvalue weighted by Gasteiger charge is 2.33. The van der Waals surface area contributed by atoms with E-state index in [4.69, 9.17) is 4.74 Å². The van der Waals surface area contributed by atoms with Crippen molar-refractivity contribution in [3.05, 3.63) is 48.5 Å². The zero-order valence-corrected chi connectivity index (χ0v) is 18.8. The molecule has 2 aromatic carbocycles. The molecule has 2 heterocycles. The van der Waals surface area contributed by atoms with Gasteiger partial charge in [-0.1, -0.05) is 36.0 Å². The van der Waals surface area contributed by atoms with E-state index < -0.39 is 15.8 Å². The van der Waals surface area contributed by atoms with Crippen molar-refractivity contribution in [2.24, 2.45) is 0 Å². The topological polar surface area (TPSA) is 84.0 Å². The molecule has 0 aliphatic carbocycles. The van der Waals surface area contributed by atoms with Crippen molar-refractivity contribution < 1.29 is 22.7 Å². The zero-order chi connectivity index (χ0) is 22.0. The van der Waals surface area contributed by atoms with Crippen LogP contribution < -0.4 is 4.90 Å². The Kier molecular flexibility index (Phi) is 6.24. The maximum absolute atomic E-state index is 12.3. The number of ether oxygens (including phenoxy) is 1. The SMILES string of the molecule is CN(C(=O)COC(=O)CCN1c2ccccc2Sc2ccccc21)[C@H]1CCS(=O)(=O)C1. The van der Waals surface area contributed by atoms with Crippen molar-refractivity contribution >= 4 is 44.9 Å². The van der Waals surface area contributed by atoms with Crippen molar-refractivity contribution in [3.63, 3.8) is 0 Å². The summed E-state index contributed by atoms with van der Waals surface area (Å²) < 4.78 is 28.4. The van der Waals surface area contributed by atoms with E-state index in [0.29, 0.717) is 13.0 Å². The molecule has 0 unspecified atom stereocenters. The number of carbonyl (C=O) groups is 2. The van der Waals surface area contributed by atoms with Gasteiger partial charge < -0.3 is 14.5 Å². The molecule has 9 heteroatoms. The Hall–Kier alpha value is -2.52. The summed E-state index contributed by atoms with van der Waals surface area (Å²) in [6.07, 6.45) is 0.548. The average molecular weight is 461 g/mol. The molecule has 0 N–H and O–H groups in total. The molecule has 4 rings (SSSR count). The van der Waals surface area contributed by atoms with Gasteiger partial charge in [-0.3, -0.25) is 9.59 Å². The van der Waals surface area contributed by atoms with E-state index in [1.165, 1.54) is 4.90 Å². The second-order valence-corrected chi connectivity index (χ2v) is 11.0. The van der Waals surface area contributed by atoms with Gasteiger partial charge in [-0.25, -0.2) is 8.42 Å². The van der Waals surface area contributed by atoms with Crippen LogP contribution in [-0.4, -0.2) is 62.9 Å². The second-order valence-electron chi connectivity index (χ2n) is 7.66. The molecule has 1 fully saturated rings. The predicted molar refractivity (Wildman–Crippen MR) is 119 cm³/mol. The number of para-hydroxylation sites is 2. The van der Waals surface area contributed by atoms with Gasteiger partial charge in [-0.05, 0) is 30.7 Å². The van der Waals surface area contributed by atoms with Crippen LogP contribution in [0.4, 0.5) is 11.4 Å². The van der Waals surface area contributed by atoms with Gasteiger partial charge in [-0.15, -0.1) is 0 Å². The summed E-state index contributed by atoms with van der Waals surface area (Å²) in [7, 11) is -1.53. The first-order valence-electron chi connectivity index (χ1n) is 10.1. The van der Waals surface area contributed by atoms with Crippen molar-refractivity contribution in [2.45, 2.75) is 28.7 Å². The minimum Gasteiger partial charge on any atom is -0.456 e. The van der Waals surface area contributed by atoms with Crippen LogP contribution in [0.5, 0.6) is 0 Å². The highest BCUT2D eigenvalue weighted by Crippen LogP contribution is 2.47. The molecule has 1 amide bonds. The van der Waals surface area contributed by atoms with Crippen molar-refractivity contribution in [1.82, 2.24) is 4.90 Å². The fraction of sp³-hybridized carbons (Fsp3) is 0.364. The predicted octanol–water partition coefficient (Wildman–Crippen LogP) is 2.87. The third-order valence-corrected chi connectivity index (χ3v) is 8.46. The van der Waals surface area contributed by atoms with Crippen LogP contribution >= 0.6 is 11.8 Å². The van der Waals surface area contributed by atoms with Crippen LogP contribution in [0, 0.1) is 0 Å².